The van der Waals surface area contributed by atoms with Crippen molar-refractivity contribution in [1.82, 2.24) is 9.73 Å². The fourth-order valence-electron chi connectivity index (χ4n) is 3.53. The molecule has 2 aliphatic heterocycles. The van der Waals surface area contributed by atoms with Gasteiger partial charge < -0.3 is 4.74 Å². The number of rotatable bonds is 1. The zero-order chi connectivity index (χ0) is 21.0. The van der Waals surface area contributed by atoms with E-state index in [-0.39, 0.29) is 11.3 Å². The fourth-order valence-corrected chi connectivity index (χ4v) is 5.26. The Morgan fingerprint density at radius 3 is 2.48 bits per heavy atom. The van der Waals surface area contributed by atoms with E-state index in [0.717, 1.165) is 10.6 Å². The van der Waals surface area contributed by atoms with Gasteiger partial charge in [0, 0.05) is 17.0 Å². The second-order valence-corrected chi connectivity index (χ2v) is 10.1. The zero-order valence-electron chi connectivity index (χ0n) is 16.1. The van der Waals surface area contributed by atoms with E-state index in [4.69, 9.17) is 16.3 Å². The molecular formula is C20H20ClN3O4S. The number of halogens is 1. The van der Waals surface area contributed by atoms with Gasteiger partial charge in [-0.25, -0.2) is 13.2 Å². The van der Waals surface area contributed by atoms with Gasteiger partial charge in [-0.05, 0) is 44.5 Å². The highest BCUT2D eigenvalue weighted by molar-refractivity contribution is 7.89. The topological polar surface area (TPSA) is 88.1 Å². The molecule has 1 atom stereocenters. The first-order valence-electron chi connectivity index (χ1n) is 9.02. The second-order valence-electron chi connectivity index (χ2n) is 7.98. The van der Waals surface area contributed by atoms with Gasteiger partial charge in [-0.15, -0.1) is 0 Å². The Hall–Kier alpha value is -2.42. The van der Waals surface area contributed by atoms with Crippen LogP contribution >= 0.6 is 11.6 Å². The number of hydrogen-bond donors (Lipinski definition) is 1. The largest absolute Gasteiger partial charge is 0.442 e. The molecule has 1 spiro atoms. The predicted molar refractivity (Wildman–Crippen MR) is 109 cm³/mol. The summed E-state index contributed by atoms with van der Waals surface area (Å²) in [6.07, 6.45) is -0.578. The maximum absolute atomic E-state index is 13.0. The van der Waals surface area contributed by atoms with Crippen LogP contribution in [0.2, 0.25) is 5.02 Å². The lowest BCUT2D eigenvalue weighted by Gasteiger charge is -2.33. The maximum Gasteiger partial charge on any atom is 0.433 e. The highest BCUT2D eigenvalue weighted by Gasteiger charge is 2.57. The molecule has 2 heterocycles. The van der Waals surface area contributed by atoms with Crippen LogP contribution in [0.25, 0.3) is 0 Å². The molecule has 2 aromatic carbocycles. The Morgan fingerprint density at radius 2 is 1.83 bits per heavy atom. The zero-order valence-corrected chi connectivity index (χ0v) is 17.7. The third-order valence-corrected chi connectivity index (χ3v) is 6.47. The highest BCUT2D eigenvalue weighted by Crippen LogP contribution is 2.45. The molecule has 1 amide bonds. The molecule has 0 radical (unpaired) electrons. The standard InChI is InChI=1S/C20H20ClN3O4S/c1-19(2,3)28-18(25)24-20(12-16(22-24)13-8-10-14(21)11-9-13)15-6-4-5-7-17(15)29(26,27)23-20/h4-11,23H,12H2,1-3H3. The van der Waals surface area contributed by atoms with Crippen molar-refractivity contribution in [2.24, 2.45) is 5.10 Å². The van der Waals surface area contributed by atoms with Crippen molar-refractivity contribution >= 4 is 33.4 Å². The Morgan fingerprint density at radius 1 is 1.17 bits per heavy atom. The van der Waals surface area contributed by atoms with E-state index in [1.807, 2.05) is 0 Å². The van der Waals surface area contributed by atoms with E-state index >= 15 is 0 Å². The van der Waals surface area contributed by atoms with E-state index in [1.54, 1.807) is 63.2 Å². The first kappa shape index (κ1) is 19.9. The molecule has 2 aromatic rings. The molecule has 0 saturated heterocycles. The van der Waals surface area contributed by atoms with Gasteiger partial charge in [-0.1, -0.05) is 41.9 Å². The number of benzene rings is 2. The average Bonchev–Trinajstić information content (AvgIpc) is 3.11. The molecule has 0 aliphatic carbocycles. The normalized spacial score (nSPS) is 22.5. The molecule has 1 N–H and O–H groups in total. The van der Waals surface area contributed by atoms with Crippen LogP contribution in [0.15, 0.2) is 58.5 Å². The molecule has 0 bridgehead atoms. The van der Waals surface area contributed by atoms with Crippen molar-refractivity contribution in [2.75, 3.05) is 0 Å². The van der Waals surface area contributed by atoms with Crippen LogP contribution in [0.4, 0.5) is 4.79 Å². The van der Waals surface area contributed by atoms with Crippen molar-refractivity contribution in [1.29, 1.82) is 0 Å². The Kier molecular flexibility index (Phi) is 4.49. The van der Waals surface area contributed by atoms with Crippen LogP contribution in [0, 0.1) is 0 Å². The molecular weight excluding hydrogens is 414 g/mol. The predicted octanol–water partition coefficient (Wildman–Crippen LogP) is 3.83. The van der Waals surface area contributed by atoms with E-state index in [1.165, 1.54) is 6.07 Å². The molecule has 152 valence electrons. The summed E-state index contributed by atoms with van der Waals surface area (Å²) in [5.74, 6) is 0. The summed E-state index contributed by atoms with van der Waals surface area (Å²) in [7, 11) is -3.81. The van der Waals surface area contributed by atoms with Crippen molar-refractivity contribution in [3.05, 3.63) is 64.7 Å². The molecule has 1 unspecified atom stereocenters. The number of ether oxygens (including phenoxy) is 1. The lowest BCUT2D eigenvalue weighted by atomic mass is 9.93. The van der Waals surface area contributed by atoms with Crippen LogP contribution in [-0.4, -0.2) is 30.8 Å². The Balaban J connectivity index is 1.85. The number of amides is 1. The van der Waals surface area contributed by atoms with Crippen molar-refractivity contribution in [3.8, 4) is 0 Å². The summed E-state index contributed by atoms with van der Waals surface area (Å²) in [4.78, 5) is 13.1. The number of nitrogens with zero attached hydrogens (tertiary/aromatic N) is 2. The van der Waals surface area contributed by atoms with Crippen LogP contribution in [0.5, 0.6) is 0 Å². The third-order valence-electron chi connectivity index (χ3n) is 4.67. The molecule has 9 heteroatoms. The molecule has 0 fully saturated rings. The molecule has 0 saturated carbocycles. The maximum atomic E-state index is 13.0. The molecule has 0 aromatic heterocycles. The summed E-state index contributed by atoms with van der Waals surface area (Å²) in [5, 5.41) is 6.15. The molecule has 29 heavy (non-hydrogen) atoms. The number of carbonyl (C=O) groups is 1. The Labute approximate surface area is 174 Å². The van der Waals surface area contributed by atoms with Crippen LogP contribution < -0.4 is 4.72 Å². The van der Waals surface area contributed by atoms with Crippen LogP contribution in [-0.2, 0) is 20.4 Å². The minimum absolute atomic E-state index is 0.126. The van der Waals surface area contributed by atoms with Gasteiger partial charge in [0.25, 0.3) is 0 Å². The fraction of sp³-hybridized carbons (Fsp3) is 0.300. The van der Waals surface area contributed by atoms with E-state index in [2.05, 4.69) is 9.82 Å². The van der Waals surface area contributed by atoms with Gasteiger partial charge in [0.15, 0.2) is 5.66 Å². The smallest absolute Gasteiger partial charge is 0.433 e. The summed E-state index contributed by atoms with van der Waals surface area (Å²) < 4.78 is 33.8. The number of hydrogen-bond acceptors (Lipinski definition) is 5. The van der Waals surface area contributed by atoms with Crippen molar-refractivity contribution in [2.45, 2.75) is 43.4 Å². The van der Waals surface area contributed by atoms with Gasteiger partial charge in [0.05, 0.1) is 10.6 Å². The SMILES string of the molecule is CC(C)(C)OC(=O)N1N=C(c2ccc(Cl)cc2)CC12NS(=O)(=O)c1ccccc12. The lowest BCUT2D eigenvalue weighted by Crippen LogP contribution is -2.52. The number of hydrazone groups is 1. The number of carbonyl (C=O) groups excluding carboxylic acids is 1. The summed E-state index contributed by atoms with van der Waals surface area (Å²) in [6, 6.07) is 13.6. The van der Waals surface area contributed by atoms with Gasteiger partial charge >= 0.3 is 6.09 Å². The summed E-state index contributed by atoms with van der Waals surface area (Å²) in [5.41, 5.74) is -0.408. The third kappa shape index (κ3) is 3.41. The minimum Gasteiger partial charge on any atom is -0.442 e. The van der Waals surface area contributed by atoms with Crippen LogP contribution in [0.3, 0.4) is 0 Å². The second kappa shape index (κ2) is 6.55. The van der Waals surface area contributed by atoms with E-state index < -0.39 is 27.4 Å². The number of fused-ring (bicyclic) bond motifs is 2. The summed E-state index contributed by atoms with van der Waals surface area (Å²) >= 11 is 5.98. The van der Waals surface area contributed by atoms with Crippen molar-refractivity contribution in [3.63, 3.8) is 0 Å². The molecule has 2 aliphatic rings. The quantitative estimate of drug-likeness (QED) is 0.740. The summed E-state index contributed by atoms with van der Waals surface area (Å²) in [6.45, 7) is 5.22. The highest BCUT2D eigenvalue weighted by atomic mass is 35.5. The van der Waals surface area contributed by atoms with Gasteiger partial charge in [0.1, 0.15) is 5.60 Å². The first-order valence-corrected chi connectivity index (χ1v) is 10.9. The minimum atomic E-state index is -3.81. The molecule has 4 rings (SSSR count). The lowest BCUT2D eigenvalue weighted by molar-refractivity contribution is -0.0000480. The van der Waals surface area contributed by atoms with Crippen molar-refractivity contribution < 1.29 is 17.9 Å². The van der Waals surface area contributed by atoms with Crippen LogP contribution in [0.1, 0.15) is 38.3 Å². The number of sulfonamides is 1. The number of nitrogens with one attached hydrogen (secondary N) is 1. The average molecular weight is 434 g/mol. The first-order chi connectivity index (χ1) is 13.5. The Bertz CT molecular complexity index is 1120. The van der Waals surface area contributed by atoms with Gasteiger partial charge in [-0.3, -0.25) is 0 Å². The van der Waals surface area contributed by atoms with Gasteiger partial charge in [-0.2, -0.15) is 14.8 Å². The van der Waals surface area contributed by atoms with E-state index in [0.29, 0.717) is 16.3 Å². The monoisotopic (exact) mass is 433 g/mol. The van der Waals surface area contributed by atoms with Gasteiger partial charge in [0.2, 0.25) is 10.0 Å². The molecule has 7 nitrogen and oxygen atoms in total. The van der Waals surface area contributed by atoms with E-state index in [9.17, 15) is 13.2 Å².